The molecular formula is C18H17F3N2O4. The monoisotopic (exact) mass is 382 g/mol. The maximum atomic E-state index is 12.2. The summed E-state index contributed by atoms with van der Waals surface area (Å²) in [5.41, 5.74) is 0.944. The molecule has 0 aliphatic carbocycles. The maximum Gasteiger partial charge on any atom is 0.573 e. The average Bonchev–Trinajstić information content (AvgIpc) is 2.96. The Balaban J connectivity index is 1.46. The molecule has 0 atom stereocenters. The maximum absolute atomic E-state index is 12.2. The molecule has 2 aliphatic rings. The number of benzene rings is 2. The van der Waals surface area contributed by atoms with Crippen molar-refractivity contribution in [2.45, 2.75) is 12.0 Å². The second kappa shape index (κ2) is 6.50. The fraction of sp³-hybridized carbons (Fsp3) is 0.333. The van der Waals surface area contributed by atoms with E-state index in [1.54, 1.807) is 6.07 Å². The topological polar surface area (TPSA) is 63.2 Å². The Hall–Kier alpha value is -2.65. The van der Waals surface area contributed by atoms with Crippen LogP contribution in [0.1, 0.15) is 0 Å². The highest BCUT2D eigenvalue weighted by molar-refractivity contribution is 5.76. The lowest BCUT2D eigenvalue weighted by Gasteiger charge is -2.39. The van der Waals surface area contributed by atoms with Gasteiger partial charge in [0.1, 0.15) is 22.8 Å². The van der Waals surface area contributed by atoms with Gasteiger partial charge in [0.2, 0.25) is 0 Å². The molecule has 2 heterocycles. The zero-order valence-electron chi connectivity index (χ0n) is 14.1. The third-order valence-corrected chi connectivity index (χ3v) is 4.29. The van der Waals surface area contributed by atoms with Crippen LogP contribution in [0.4, 0.5) is 24.5 Å². The van der Waals surface area contributed by atoms with E-state index in [1.165, 1.54) is 24.3 Å². The van der Waals surface area contributed by atoms with Gasteiger partial charge in [-0.05, 0) is 36.4 Å². The number of aliphatic hydroxyl groups is 1. The van der Waals surface area contributed by atoms with Gasteiger partial charge in [-0.3, -0.25) is 0 Å². The highest BCUT2D eigenvalue weighted by atomic mass is 19.4. The fourth-order valence-electron chi connectivity index (χ4n) is 3.02. The summed E-state index contributed by atoms with van der Waals surface area (Å²) in [5.74, 6) is 0.604. The van der Waals surface area contributed by atoms with Crippen molar-refractivity contribution in [3.05, 3.63) is 42.5 Å². The summed E-state index contributed by atoms with van der Waals surface area (Å²) in [4.78, 5) is 1.99. The van der Waals surface area contributed by atoms with Crippen molar-refractivity contribution < 1.29 is 32.5 Å². The van der Waals surface area contributed by atoms with Gasteiger partial charge in [-0.25, -0.2) is 0 Å². The van der Waals surface area contributed by atoms with Crippen molar-refractivity contribution in [2.24, 2.45) is 0 Å². The summed E-state index contributed by atoms with van der Waals surface area (Å²) >= 11 is 0. The van der Waals surface area contributed by atoms with Crippen LogP contribution in [-0.2, 0) is 4.74 Å². The molecule has 0 aromatic heterocycles. The lowest BCUT2D eigenvalue weighted by molar-refractivity contribution is -0.274. The zero-order valence-corrected chi connectivity index (χ0v) is 14.1. The first-order valence-electron chi connectivity index (χ1n) is 8.26. The standard InChI is InChI=1S/C18H17F3N2O4/c19-18(20,21)27-13-3-1-12(2-4-13)26-14-5-6-15-16(7-14)23(11-22-15)8-17(24)9-25-10-17/h1-7,22,24H,8-11H2. The molecule has 2 aliphatic heterocycles. The molecule has 2 aromatic rings. The Morgan fingerprint density at radius 2 is 1.74 bits per heavy atom. The summed E-state index contributed by atoms with van der Waals surface area (Å²) < 4.78 is 51.3. The fourth-order valence-corrected chi connectivity index (χ4v) is 3.02. The van der Waals surface area contributed by atoms with Crippen molar-refractivity contribution in [1.29, 1.82) is 0 Å². The number of hydrogen-bond donors (Lipinski definition) is 2. The quantitative estimate of drug-likeness (QED) is 0.827. The van der Waals surface area contributed by atoms with E-state index < -0.39 is 12.0 Å². The molecule has 6 nitrogen and oxygen atoms in total. The van der Waals surface area contributed by atoms with Gasteiger partial charge in [-0.15, -0.1) is 13.2 Å². The molecule has 144 valence electrons. The number of β-amino-alcohol motifs (C(OH)–C–C–N with tert-alkyl or cyclic N) is 1. The number of anilines is 2. The molecule has 4 rings (SSSR count). The molecule has 0 spiro atoms. The van der Waals surface area contributed by atoms with Crippen molar-refractivity contribution in [2.75, 3.05) is 36.6 Å². The van der Waals surface area contributed by atoms with Crippen molar-refractivity contribution in [3.63, 3.8) is 0 Å². The van der Waals surface area contributed by atoms with E-state index in [9.17, 15) is 18.3 Å². The van der Waals surface area contributed by atoms with Gasteiger partial charge >= 0.3 is 6.36 Å². The first-order chi connectivity index (χ1) is 12.8. The van der Waals surface area contributed by atoms with Gasteiger partial charge in [-0.1, -0.05) is 0 Å². The van der Waals surface area contributed by atoms with Gasteiger partial charge in [0, 0.05) is 6.07 Å². The van der Waals surface area contributed by atoms with Crippen molar-refractivity contribution in [1.82, 2.24) is 0 Å². The van der Waals surface area contributed by atoms with Crippen LogP contribution in [-0.4, -0.2) is 43.5 Å². The number of ether oxygens (including phenoxy) is 3. The number of hydrogen-bond acceptors (Lipinski definition) is 6. The van der Waals surface area contributed by atoms with E-state index in [2.05, 4.69) is 10.1 Å². The van der Waals surface area contributed by atoms with Crippen molar-refractivity contribution in [3.8, 4) is 17.2 Å². The third-order valence-electron chi connectivity index (χ3n) is 4.29. The second-order valence-corrected chi connectivity index (χ2v) is 6.55. The minimum absolute atomic E-state index is 0.307. The van der Waals surface area contributed by atoms with Crippen LogP contribution >= 0.6 is 0 Å². The van der Waals surface area contributed by atoms with Gasteiger partial charge in [0.05, 0.1) is 37.8 Å². The van der Waals surface area contributed by atoms with Crippen LogP contribution in [0, 0.1) is 0 Å². The van der Waals surface area contributed by atoms with Crippen LogP contribution in [0.25, 0.3) is 0 Å². The summed E-state index contributed by atoms with van der Waals surface area (Å²) in [7, 11) is 0. The number of halogens is 3. The molecule has 2 N–H and O–H groups in total. The van der Waals surface area contributed by atoms with Gasteiger partial charge < -0.3 is 29.5 Å². The highest BCUT2D eigenvalue weighted by Gasteiger charge is 2.39. The number of nitrogens with one attached hydrogen (secondary N) is 1. The van der Waals surface area contributed by atoms with Gasteiger partial charge in [-0.2, -0.15) is 0 Å². The van der Waals surface area contributed by atoms with E-state index in [0.29, 0.717) is 37.9 Å². The molecule has 9 heteroatoms. The highest BCUT2D eigenvalue weighted by Crippen LogP contribution is 2.37. The van der Waals surface area contributed by atoms with Gasteiger partial charge in [0.15, 0.2) is 0 Å². The van der Waals surface area contributed by atoms with Crippen LogP contribution in [0.5, 0.6) is 17.2 Å². The predicted molar refractivity (Wildman–Crippen MR) is 91.2 cm³/mol. The van der Waals surface area contributed by atoms with E-state index >= 15 is 0 Å². The Kier molecular flexibility index (Phi) is 4.27. The summed E-state index contributed by atoms with van der Waals surface area (Å²) in [6.07, 6.45) is -4.73. The minimum atomic E-state index is -4.73. The van der Waals surface area contributed by atoms with Crippen LogP contribution in [0.15, 0.2) is 42.5 Å². The Morgan fingerprint density at radius 3 is 2.37 bits per heavy atom. The Labute approximate surface area is 153 Å². The van der Waals surface area contributed by atoms with E-state index in [0.717, 1.165) is 11.4 Å². The minimum Gasteiger partial charge on any atom is -0.457 e. The third kappa shape index (κ3) is 4.04. The second-order valence-electron chi connectivity index (χ2n) is 6.55. The summed E-state index contributed by atoms with van der Waals surface area (Å²) in [6.45, 7) is 1.60. The number of rotatable bonds is 5. The molecule has 0 unspecified atom stereocenters. The summed E-state index contributed by atoms with van der Waals surface area (Å²) in [5, 5.41) is 13.5. The molecule has 27 heavy (non-hydrogen) atoms. The number of nitrogens with zero attached hydrogens (tertiary/aromatic N) is 1. The molecular weight excluding hydrogens is 365 g/mol. The number of alkyl halides is 3. The average molecular weight is 382 g/mol. The molecule has 1 fully saturated rings. The normalized spacial score (nSPS) is 17.7. The summed E-state index contributed by atoms with van der Waals surface area (Å²) in [6, 6.07) is 10.6. The Morgan fingerprint density at radius 1 is 1.07 bits per heavy atom. The number of fused-ring (bicyclic) bond motifs is 1. The molecule has 0 radical (unpaired) electrons. The molecule has 0 amide bonds. The first-order valence-corrected chi connectivity index (χ1v) is 8.26. The molecule has 0 bridgehead atoms. The molecule has 0 saturated carbocycles. The largest absolute Gasteiger partial charge is 0.573 e. The SMILES string of the molecule is OC1(CN2CNc3ccc(Oc4ccc(OC(F)(F)F)cc4)cc32)COC1. The lowest BCUT2D eigenvalue weighted by atomic mass is 10.0. The molecule has 1 saturated heterocycles. The van der Waals surface area contributed by atoms with E-state index in [-0.39, 0.29) is 5.75 Å². The van der Waals surface area contributed by atoms with Crippen LogP contribution in [0.3, 0.4) is 0 Å². The smallest absolute Gasteiger partial charge is 0.457 e. The van der Waals surface area contributed by atoms with Crippen LogP contribution in [0.2, 0.25) is 0 Å². The van der Waals surface area contributed by atoms with E-state index in [1.807, 2.05) is 17.0 Å². The van der Waals surface area contributed by atoms with Gasteiger partial charge in [0.25, 0.3) is 0 Å². The lowest BCUT2D eigenvalue weighted by Crippen LogP contribution is -2.57. The van der Waals surface area contributed by atoms with Crippen LogP contribution < -0.4 is 19.7 Å². The Bertz CT molecular complexity index is 822. The zero-order chi connectivity index (χ0) is 19.1. The van der Waals surface area contributed by atoms with E-state index in [4.69, 9.17) is 9.47 Å². The first kappa shape index (κ1) is 17.7. The van der Waals surface area contributed by atoms with Crippen molar-refractivity contribution >= 4 is 11.4 Å². The predicted octanol–water partition coefficient (Wildman–Crippen LogP) is 3.33. The molecule has 2 aromatic carbocycles.